The predicted octanol–water partition coefficient (Wildman–Crippen LogP) is 0.751. The normalized spacial score (nSPS) is 21.3. The van der Waals surface area contributed by atoms with Crippen LogP contribution in [0.3, 0.4) is 0 Å². The fraction of sp³-hybridized carbons (Fsp3) is 0.600. The second-order valence-corrected chi connectivity index (χ2v) is 6.43. The molecule has 0 aliphatic carbocycles. The molecule has 1 aromatic rings. The van der Waals surface area contributed by atoms with Gasteiger partial charge in [-0.05, 0) is 45.3 Å². The Bertz CT molecular complexity index is 459. The molecule has 5 nitrogen and oxygen atoms in total. The molecule has 3 N–H and O–H groups in total. The van der Waals surface area contributed by atoms with Crippen LogP contribution in [0.5, 0.6) is 0 Å². The van der Waals surface area contributed by atoms with Gasteiger partial charge >= 0.3 is 7.12 Å². The summed E-state index contributed by atoms with van der Waals surface area (Å²) >= 11 is 0. The molecule has 1 atom stereocenters. The van der Waals surface area contributed by atoms with Gasteiger partial charge in [0.1, 0.15) is 0 Å². The summed E-state index contributed by atoms with van der Waals surface area (Å²) in [6.45, 7) is 8.17. The minimum absolute atomic E-state index is 0.251. The Morgan fingerprint density at radius 1 is 1.10 bits per heavy atom. The molecule has 0 bridgehead atoms. The number of hydrogen-bond acceptors (Lipinski definition) is 5. The highest BCUT2D eigenvalue weighted by Gasteiger charge is 2.51. The predicted molar refractivity (Wildman–Crippen MR) is 83.7 cm³/mol. The summed E-state index contributed by atoms with van der Waals surface area (Å²) in [6, 6.07) is 7.69. The summed E-state index contributed by atoms with van der Waals surface area (Å²) in [7, 11) is -0.368. The van der Waals surface area contributed by atoms with Crippen LogP contribution in [-0.2, 0) is 9.31 Å². The molecule has 1 fully saturated rings. The van der Waals surface area contributed by atoms with Crippen LogP contribution in [0.2, 0.25) is 0 Å². The topological polar surface area (TPSA) is 71.0 Å². The van der Waals surface area contributed by atoms with E-state index < -0.39 is 6.10 Å². The molecular weight excluding hydrogens is 269 g/mol. The van der Waals surface area contributed by atoms with Gasteiger partial charge in [0.15, 0.2) is 0 Å². The van der Waals surface area contributed by atoms with E-state index in [9.17, 15) is 5.11 Å². The molecule has 0 radical (unpaired) electrons. The van der Waals surface area contributed by atoms with Gasteiger partial charge in [0.25, 0.3) is 0 Å². The van der Waals surface area contributed by atoms with E-state index in [1.807, 2.05) is 52.0 Å². The third-order valence-electron chi connectivity index (χ3n) is 4.19. The maximum absolute atomic E-state index is 9.31. The smallest absolute Gasteiger partial charge is 0.399 e. The number of rotatable bonds is 5. The summed E-state index contributed by atoms with van der Waals surface area (Å²) in [4.78, 5) is 0. The van der Waals surface area contributed by atoms with E-state index >= 15 is 0 Å². The van der Waals surface area contributed by atoms with Crippen LogP contribution >= 0.6 is 0 Å². The molecule has 1 aromatic carbocycles. The maximum atomic E-state index is 9.31. The third-order valence-corrected chi connectivity index (χ3v) is 4.19. The summed E-state index contributed by atoms with van der Waals surface area (Å²) in [5.41, 5.74) is 1.14. The van der Waals surface area contributed by atoms with Crippen molar-refractivity contribution in [3.05, 3.63) is 24.3 Å². The molecule has 0 amide bonds. The largest absolute Gasteiger partial charge is 0.494 e. The lowest BCUT2D eigenvalue weighted by Crippen LogP contribution is -2.41. The lowest BCUT2D eigenvalue weighted by molar-refractivity contribution is 0.00578. The zero-order valence-electron chi connectivity index (χ0n) is 13.1. The first-order chi connectivity index (χ1) is 9.75. The van der Waals surface area contributed by atoms with Crippen molar-refractivity contribution in [2.24, 2.45) is 0 Å². The van der Waals surface area contributed by atoms with Crippen LogP contribution in [0, 0.1) is 0 Å². The fourth-order valence-electron chi connectivity index (χ4n) is 2.04. The Hall–Kier alpha value is -1.08. The van der Waals surface area contributed by atoms with E-state index in [1.165, 1.54) is 0 Å². The van der Waals surface area contributed by atoms with E-state index in [1.54, 1.807) is 0 Å². The van der Waals surface area contributed by atoms with Crippen molar-refractivity contribution < 1.29 is 19.5 Å². The van der Waals surface area contributed by atoms with Crippen LogP contribution in [-0.4, -0.2) is 47.8 Å². The van der Waals surface area contributed by atoms with Crippen molar-refractivity contribution in [3.63, 3.8) is 0 Å². The highest BCUT2D eigenvalue weighted by molar-refractivity contribution is 6.62. The molecule has 1 aliphatic rings. The van der Waals surface area contributed by atoms with Gasteiger partial charge in [0, 0.05) is 12.2 Å². The second kappa shape index (κ2) is 5.97. The van der Waals surface area contributed by atoms with E-state index in [2.05, 4.69) is 5.32 Å². The molecule has 0 aromatic heterocycles. The Balaban J connectivity index is 2.00. The summed E-state index contributed by atoms with van der Waals surface area (Å²) < 4.78 is 12.0. The van der Waals surface area contributed by atoms with Crippen molar-refractivity contribution in [2.45, 2.75) is 45.0 Å². The molecule has 116 valence electrons. The Morgan fingerprint density at radius 3 is 2.10 bits per heavy atom. The number of aliphatic hydroxyl groups excluding tert-OH is 2. The van der Waals surface area contributed by atoms with Gasteiger partial charge in [-0.1, -0.05) is 12.1 Å². The van der Waals surface area contributed by atoms with Gasteiger partial charge in [-0.3, -0.25) is 0 Å². The van der Waals surface area contributed by atoms with Gasteiger partial charge < -0.3 is 24.8 Å². The first-order valence-corrected chi connectivity index (χ1v) is 7.23. The molecule has 0 spiro atoms. The van der Waals surface area contributed by atoms with Crippen molar-refractivity contribution in [1.82, 2.24) is 0 Å². The number of benzene rings is 1. The second-order valence-electron chi connectivity index (χ2n) is 6.43. The van der Waals surface area contributed by atoms with Gasteiger partial charge in [-0.2, -0.15) is 0 Å². The number of anilines is 1. The lowest BCUT2D eigenvalue weighted by Gasteiger charge is -2.32. The first-order valence-electron chi connectivity index (χ1n) is 7.23. The first kappa shape index (κ1) is 16.3. The van der Waals surface area contributed by atoms with E-state index in [0.717, 1.165) is 11.2 Å². The van der Waals surface area contributed by atoms with Crippen LogP contribution in [0.4, 0.5) is 5.69 Å². The zero-order chi connectivity index (χ0) is 15.7. The van der Waals surface area contributed by atoms with Crippen molar-refractivity contribution in [3.8, 4) is 0 Å². The highest BCUT2D eigenvalue weighted by Crippen LogP contribution is 2.36. The van der Waals surface area contributed by atoms with Crippen LogP contribution in [0.25, 0.3) is 0 Å². The van der Waals surface area contributed by atoms with Gasteiger partial charge in [0.2, 0.25) is 0 Å². The summed E-state index contributed by atoms with van der Waals surface area (Å²) in [5, 5.41) is 21.1. The Morgan fingerprint density at radius 2 is 1.62 bits per heavy atom. The van der Waals surface area contributed by atoms with Crippen LogP contribution in [0.1, 0.15) is 27.7 Å². The van der Waals surface area contributed by atoms with Crippen LogP contribution in [0.15, 0.2) is 24.3 Å². The van der Waals surface area contributed by atoms with Gasteiger partial charge in [0.05, 0.1) is 23.9 Å². The lowest BCUT2D eigenvalue weighted by atomic mass is 9.79. The number of aliphatic hydroxyl groups is 2. The van der Waals surface area contributed by atoms with Gasteiger partial charge in [-0.25, -0.2) is 0 Å². The molecule has 21 heavy (non-hydrogen) atoms. The molecule has 2 rings (SSSR count). The summed E-state index contributed by atoms with van der Waals surface area (Å²) in [5.74, 6) is 0. The molecule has 1 saturated heterocycles. The fourth-order valence-corrected chi connectivity index (χ4v) is 2.04. The molecule has 1 heterocycles. The van der Waals surface area contributed by atoms with Crippen molar-refractivity contribution in [1.29, 1.82) is 0 Å². The van der Waals surface area contributed by atoms with Crippen molar-refractivity contribution >= 4 is 18.3 Å². The molecule has 1 unspecified atom stereocenters. The average Bonchev–Trinajstić information content (AvgIpc) is 2.65. The molecule has 1 aliphatic heterocycles. The molecule has 0 saturated carbocycles. The summed E-state index contributed by atoms with van der Waals surface area (Å²) in [6.07, 6.45) is -0.757. The quantitative estimate of drug-likeness (QED) is 0.699. The van der Waals surface area contributed by atoms with Gasteiger partial charge in [-0.15, -0.1) is 0 Å². The Labute approximate surface area is 126 Å². The monoisotopic (exact) mass is 293 g/mol. The number of hydrogen-bond donors (Lipinski definition) is 3. The molecular formula is C15H24BNO4. The maximum Gasteiger partial charge on any atom is 0.494 e. The van der Waals surface area contributed by atoms with Crippen molar-refractivity contribution in [2.75, 3.05) is 18.5 Å². The third kappa shape index (κ3) is 3.58. The SMILES string of the molecule is CC1(C)OB(c2ccc(NCC(O)CO)cc2)OC1(C)C. The average molecular weight is 293 g/mol. The minimum atomic E-state index is -0.757. The zero-order valence-corrected chi connectivity index (χ0v) is 13.1. The number of nitrogens with one attached hydrogen (secondary N) is 1. The minimum Gasteiger partial charge on any atom is -0.399 e. The highest BCUT2D eigenvalue weighted by atomic mass is 16.7. The van der Waals surface area contributed by atoms with E-state index in [4.69, 9.17) is 14.4 Å². The van der Waals surface area contributed by atoms with E-state index in [0.29, 0.717) is 6.54 Å². The molecule has 6 heteroatoms. The van der Waals surface area contributed by atoms with E-state index in [-0.39, 0.29) is 24.9 Å². The standard InChI is InChI=1S/C15H24BNO4/c1-14(2)15(3,4)21-16(20-14)11-5-7-12(8-6-11)17-9-13(19)10-18/h5-8,13,17-19H,9-10H2,1-4H3. The van der Waals surface area contributed by atoms with Crippen LogP contribution < -0.4 is 10.8 Å². The Kier molecular flexibility index (Phi) is 4.63.